The van der Waals surface area contributed by atoms with Crippen LogP contribution in [0.4, 0.5) is 5.69 Å². The van der Waals surface area contributed by atoms with Crippen molar-refractivity contribution in [3.05, 3.63) is 60.4 Å². The van der Waals surface area contributed by atoms with Gasteiger partial charge in [0.15, 0.2) is 0 Å². The minimum absolute atomic E-state index is 0.269. The summed E-state index contributed by atoms with van der Waals surface area (Å²) in [5, 5.41) is 0. The topological polar surface area (TPSA) is 44.6 Å². The maximum atomic E-state index is 13.0. The Morgan fingerprint density at radius 2 is 1.78 bits per heavy atom. The van der Waals surface area contributed by atoms with E-state index in [0.717, 1.165) is 56.7 Å². The minimum Gasteiger partial charge on any atom is -0.369 e. The molecule has 6 nitrogen and oxygen atoms in total. The number of aromatic nitrogens is 2. The van der Waals surface area contributed by atoms with Gasteiger partial charge in [0.1, 0.15) is 0 Å². The van der Waals surface area contributed by atoms with Gasteiger partial charge in [0, 0.05) is 64.0 Å². The summed E-state index contributed by atoms with van der Waals surface area (Å²) in [7, 11) is 0. The SMILES string of the molecule is Cc1ccccc1N1CCN(C2CCCN(C(=O)CCn3cnc4ccccc43)C2)CC1. The molecule has 2 saturated heterocycles. The van der Waals surface area contributed by atoms with E-state index in [4.69, 9.17) is 0 Å². The molecule has 32 heavy (non-hydrogen) atoms. The molecule has 2 aliphatic heterocycles. The highest BCUT2D eigenvalue weighted by atomic mass is 16.2. The Bertz CT molecular complexity index is 1070. The zero-order valence-corrected chi connectivity index (χ0v) is 19.0. The average molecular weight is 432 g/mol. The quantitative estimate of drug-likeness (QED) is 0.620. The van der Waals surface area contributed by atoms with E-state index < -0.39 is 0 Å². The molecule has 6 heteroatoms. The van der Waals surface area contributed by atoms with Gasteiger partial charge in [-0.05, 0) is 43.5 Å². The molecule has 3 aromatic rings. The molecule has 0 N–H and O–H groups in total. The second-order valence-electron chi connectivity index (χ2n) is 9.12. The van der Waals surface area contributed by atoms with E-state index in [-0.39, 0.29) is 5.91 Å². The minimum atomic E-state index is 0.269. The first-order chi connectivity index (χ1) is 15.7. The van der Waals surface area contributed by atoms with Crippen LogP contribution in [-0.2, 0) is 11.3 Å². The molecule has 0 radical (unpaired) electrons. The maximum absolute atomic E-state index is 13.0. The zero-order valence-electron chi connectivity index (χ0n) is 19.0. The fraction of sp³-hybridized carbons (Fsp3) is 0.462. The first-order valence-electron chi connectivity index (χ1n) is 11.9. The number of amides is 1. The number of piperidine rings is 1. The number of carbonyl (C=O) groups excluding carboxylic acids is 1. The van der Waals surface area contributed by atoms with Gasteiger partial charge >= 0.3 is 0 Å². The lowest BCUT2D eigenvalue weighted by Gasteiger charge is -2.44. The predicted molar refractivity (Wildman–Crippen MR) is 129 cm³/mol. The van der Waals surface area contributed by atoms with Gasteiger partial charge in [-0.1, -0.05) is 30.3 Å². The first-order valence-corrected chi connectivity index (χ1v) is 11.9. The van der Waals surface area contributed by atoms with Gasteiger partial charge in [-0.3, -0.25) is 9.69 Å². The summed E-state index contributed by atoms with van der Waals surface area (Å²) in [6.45, 7) is 8.90. The number of fused-ring (bicyclic) bond motifs is 1. The van der Waals surface area contributed by atoms with Crippen molar-refractivity contribution in [3.8, 4) is 0 Å². The summed E-state index contributed by atoms with van der Waals surface area (Å²) in [5.41, 5.74) is 4.80. The van der Waals surface area contributed by atoms with Crippen molar-refractivity contribution in [1.82, 2.24) is 19.4 Å². The molecular formula is C26H33N5O. The highest BCUT2D eigenvalue weighted by Gasteiger charge is 2.30. The van der Waals surface area contributed by atoms with Crippen molar-refractivity contribution in [2.75, 3.05) is 44.2 Å². The standard InChI is InChI=1S/C26H33N5O/c1-21-7-2-4-10-24(21)29-17-15-28(16-18-29)22-8-6-13-30(19-22)26(32)12-14-31-20-27-23-9-3-5-11-25(23)31/h2-5,7,9-11,20,22H,6,8,12-19H2,1H3. The number of likely N-dealkylation sites (tertiary alicyclic amines) is 1. The summed E-state index contributed by atoms with van der Waals surface area (Å²) in [6, 6.07) is 17.3. The van der Waals surface area contributed by atoms with Gasteiger partial charge in [-0.2, -0.15) is 0 Å². The molecule has 1 unspecified atom stereocenters. The summed E-state index contributed by atoms with van der Waals surface area (Å²) in [6.07, 6.45) is 4.68. The molecule has 0 spiro atoms. The molecule has 0 aliphatic carbocycles. The average Bonchev–Trinajstić information content (AvgIpc) is 3.26. The van der Waals surface area contributed by atoms with E-state index in [1.165, 1.54) is 17.7 Å². The molecule has 1 amide bonds. The summed E-state index contributed by atoms with van der Waals surface area (Å²) in [5.74, 6) is 0.269. The third-order valence-electron chi connectivity index (χ3n) is 7.13. The smallest absolute Gasteiger partial charge is 0.224 e. The number of anilines is 1. The number of piperazine rings is 1. The van der Waals surface area contributed by atoms with Crippen LogP contribution in [0.15, 0.2) is 54.9 Å². The van der Waals surface area contributed by atoms with Crippen LogP contribution in [-0.4, -0.2) is 70.6 Å². The van der Waals surface area contributed by atoms with Crippen molar-refractivity contribution in [1.29, 1.82) is 0 Å². The van der Waals surface area contributed by atoms with Crippen molar-refractivity contribution in [2.45, 2.75) is 38.8 Å². The molecule has 168 valence electrons. The van der Waals surface area contributed by atoms with Gasteiger partial charge < -0.3 is 14.4 Å². The Kier molecular flexibility index (Phi) is 6.12. The Labute approximate surface area is 190 Å². The molecule has 2 aliphatic rings. The van der Waals surface area contributed by atoms with E-state index in [1.807, 2.05) is 24.5 Å². The van der Waals surface area contributed by atoms with Crippen molar-refractivity contribution < 1.29 is 4.79 Å². The second kappa shape index (κ2) is 9.33. The second-order valence-corrected chi connectivity index (χ2v) is 9.12. The van der Waals surface area contributed by atoms with Crippen LogP contribution in [0.5, 0.6) is 0 Å². The van der Waals surface area contributed by atoms with Crippen LogP contribution in [0.2, 0.25) is 0 Å². The van der Waals surface area contributed by atoms with Crippen LogP contribution < -0.4 is 4.90 Å². The Morgan fingerprint density at radius 1 is 1.00 bits per heavy atom. The number of hydrogen-bond acceptors (Lipinski definition) is 4. The van der Waals surface area contributed by atoms with Gasteiger partial charge in [0.25, 0.3) is 0 Å². The normalized spacial score (nSPS) is 20.1. The van der Waals surface area contributed by atoms with Crippen LogP contribution in [0.25, 0.3) is 11.0 Å². The highest BCUT2D eigenvalue weighted by Crippen LogP contribution is 2.24. The molecule has 5 rings (SSSR count). The molecule has 0 saturated carbocycles. The number of nitrogens with zero attached hydrogens (tertiary/aromatic N) is 5. The van der Waals surface area contributed by atoms with E-state index >= 15 is 0 Å². The van der Waals surface area contributed by atoms with Crippen molar-refractivity contribution in [3.63, 3.8) is 0 Å². The number of aryl methyl sites for hydroxylation is 2. The van der Waals surface area contributed by atoms with Crippen molar-refractivity contribution >= 4 is 22.6 Å². The fourth-order valence-electron chi connectivity index (χ4n) is 5.29. The molecule has 2 aromatic carbocycles. The largest absolute Gasteiger partial charge is 0.369 e. The number of hydrogen-bond donors (Lipinski definition) is 0. The molecule has 2 fully saturated rings. The first kappa shape index (κ1) is 21.0. The lowest BCUT2D eigenvalue weighted by molar-refractivity contribution is -0.133. The number of rotatable bonds is 5. The predicted octanol–water partition coefficient (Wildman–Crippen LogP) is 3.55. The summed E-state index contributed by atoms with van der Waals surface area (Å²) < 4.78 is 2.10. The van der Waals surface area contributed by atoms with Gasteiger partial charge in [0.05, 0.1) is 17.4 Å². The number of carbonyl (C=O) groups is 1. The zero-order chi connectivity index (χ0) is 21.9. The molecular weight excluding hydrogens is 398 g/mol. The van der Waals surface area contributed by atoms with E-state index in [9.17, 15) is 4.79 Å². The lowest BCUT2D eigenvalue weighted by Crippen LogP contribution is -2.56. The highest BCUT2D eigenvalue weighted by molar-refractivity contribution is 5.77. The monoisotopic (exact) mass is 431 g/mol. The van der Waals surface area contributed by atoms with E-state index in [0.29, 0.717) is 19.0 Å². The van der Waals surface area contributed by atoms with Crippen LogP contribution in [0, 0.1) is 6.92 Å². The lowest BCUT2D eigenvalue weighted by atomic mass is 10.0. The fourth-order valence-corrected chi connectivity index (χ4v) is 5.29. The Hall–Kier alpha value is -2.86. The van der Waals surface area contributed by atoms with Gasteiger partial charge in [-0.25, -0.2) is 4.98 Å². The van der Waals surface area contributed by atoms with E-state index in [1.54, 1.807) is 0 Å². The number of para-hydroxylation sites is 3. The van der Waals surface area contributed by atoms with Crippen molar-refractivity contribution in [2.24, 2.45) is 0 Å². The molecule has 1 aromatic heterocycles. The Balaban J connectivity index is 1.14. The summed E-state index contributed by atoms with van der Waals surface area (Å²) in [4.78, 5) is 24.7. The number of benzene rings is 2. The Morgan fingerprint density at radius 3 is 2.62 bits per heavy atom. The van der Waals surface area contributed by atoms with Crippen LogP contribution >= 0.6 is 0 Å². The molecule has 0 bridgehead atoms. The molecule has 1 atom stereocenters. The maximum Gasteiger partial charge on any atom is 0.224 e. The van der Waals surface area contributed by atoms with Crippen LogP contribution in [0.3, 0.4) is 0 Å². The summed E-state index contributed by atoms with van der Waals surface area (Å²) >= 11 is 0. The van der Waals surface area contributed by atoms with Gasteiger partial charge in [0.2, 0.25) is 5.91 Å². The molecule has 3 heterocycles. The van der Waals surface area contributed by atoms with E-state index in [2.05, 4.69) is 61.5 Å². The third-order valence-corrected chi connectivity index (χ3v) is 7.13. The third kappa shape index (κ3) is 4.37. The van der Waals surface area contributed by atoms with Crippen LogP contribution in [0.1, 0.15) is 24.8 Å². The number of imidazole rings is 1. The van der Waals surface area contributed by atoms with Gasteiger partial charge in [-0.15, -0.1) is 0 Å².